The fourth-order valence-electron chi connectivity index (χ4n) is 2.15. The fraction of sp³-hybridized carbons (Fsp3) is 0.588. The first-order chi connectivity index (χ1) is 10.2. The third-order valence-electron chi connectivity index (χ3n) is 3.41. The van der Waals surface area contributed by atoms with Gasteiger partial charge in [0.05, 0.1) is 6.61 Å². The number of rotatable bonds is 11. The van der Waals surface area contributed by atoms with Crippen LogP contribution in [-0.4, -0.2) is 36.1 Å². The van der Waals surface area contributed by atoms with Gasteiger partial charge < -0.3 is 9.84 Å². The van der Waals surface area contributed by atoms with Crippen molar-refractivity contribution < 1.29 is 14.6 Å². The molecule has 4 heteroatoms. The number of thioether (sulfide) groups is 1. The molecule has 0 saturated carbocycles. The Morgan fingerprint density at radius 2 is 2.00 bits per heavy atom. The van der Waals surface area contributed by atoms with Crippen molar-refractivity contribution in [1.82, 2.24) is 0 Å². The minimum Gasteiger partial charge on any atom is -0.493 e. The Kier molecular flexibility index (Phi) is 9.19. The number of aryl methyl sites for hydroxylation is 1. The Morgan fingerprint density at radius 3 is 2.67 bits per heavy atom. The molecule has 0 aromatic heterocycles. The number of hydrogen-bond donors (Lipinski definition) is 1. The molecule has 1 aromatic carbocycles. The fourth-order valence-corrected chi connectivity index (χ4v) is 2.64. The first-order valence-electron chi connectivity index (χ1n) is 7.61. The van der Waals surface area contributed by atoms with Gasteiger partial charge in [0.1, 0.15) is 12.4 Å². The van der Waals surface area contributed by atoms with E-state index < -0.39 is 6.61 Å². The lowest BCUT2D eigenvalue weighted by molar-refractivity contribution is 0.0903. The molecule has 0 saturated heterocycles. The zero-order valence-corrected chi connectivity index (χ0v) is 13.9. The molecule has 3 nitrogen and oxygen atoms in total. The van der Waals surface area contributed by atoms with Gasteiger partial charge in [-0.25, -0.2) is 0 Å². The second-order valence-electron chi connectivity index (χ2n) is 5.01. The van der Waals surface area contributed by atoms with Crippen LogP contribution in [0.4, 0.5) is 0 Å². The number of ether oxygens (including phenoxy) is 1. The molecule has 0 fully saturated rings. The van der Waals surface area contributed by atoms with E-state index in [1.807, 2.05) is 30.8 Å². The van der Waals surface area contributed by atoms with E-state index in [0.717, 1.165) is 30.8 Å². The van der Waals surface area contributed by atoms with Crippen molar-refractivity contribution in [3.8, 4) is 5.75 Å². The molecule has 0 aliphatic rings. The van der Waals surface area contributed by atoms with Gasteiger partial charge in [-0.3, -0.25) is 4.79 Å². The highest BCUT2D eigenvalue weighted by atomic mass is 32.2. The molecule has 0 bridgehead atoms. The van der Waals surface area contributed by atoms with Crippen LogP contribution in [0.3, 0.4) is 0 Å². The molecule has 0 unspecified atom stereocenters. The number of benzene rings is 1. The Balaban J connectivity index is 2.42. The minimum absolute atomic E-state index is 0.245. The summed E-state index contributed by atoms with van der Waals surface area (Å²) in [4.78, 5) is 11.5. The number of unbranched alkanes of at least 4 members (excludes halogenated alkanes) is 3. The molecule has 0 spiro atoms. The lowest BCUT2D eigenvalue weighted by atomic mass is 10.0. The highest BCUT2D eigenvalue weighted by Crippen LogP contribution is 2.21. The van der Waals surface area contributed by atoms with Crippen molar-refractivity contribution in [2.24, 2.45) is 0 Å². The Bertz CT molecular complexity index is 432. The van der Waals surface area contributed by atoms with Crippen molar-refractivity contribution in [1.29, 1.82) is 0 Å². The van der Waals surface area contributed by atoms with Crippen molar-refractivity contribution >= 4 is 17.5 Å². The van der Waals surface area contributed by atoms with Crippen LogP contribution < -0.4 is 4.74 Å². The van der Waals surface area contributed by atoms with E-state index in [0.29, 0.717) is 5.56 Å². The van der Waals surface area contributed by atoms with Crippen LogP contribution >= 0.6 is 11.8 Å². The van der Waals surface area contributed by atoms with E-state index in [2.05, 4.69) is 6.26 Å². The van der Waals surface area contributed by atoms with Crippen molar-refractivity contribution in [2.75, 3.05) is 25.2 Å². The zero-order chi connectivity index (χ0) is 15.5. The normalized spacial score (nSPS) is 10.6. The van der Waals surface area contributed by atoms with E-state index >= 15 is 0 Å². The summed E-state index contributed by atoms with van der Waals surface area (Å²) in [5.41, 5.74) is 1.58. The molecule has 1 N–H and O–H groups in total. The Labute approximate surface area is 132 Å². The van der Waals surface area contributed by atoms with Crippen LogP contribution in [-0.2, 0) is 6.42 Å². The largest absolute Gasteiger partial charge is 0.493 e. The summed E-state index contributed by atoms with van der Waals surface area (Å²) in [6.45, 7) is 2.32. The maximum Gasteiger partial charge on any atom is 0.188 e. The summed E-state index contributed by atoms with van der Waals surface area (Å²) in [7, 11) is 0. The van der Waals surface area contributed by atoms with Crippen molar-refractivity contribution in [2.45, 2.75) is 39.0 Å². The van der Waals surface area contributed by atoms with Gasteiger partial charge in [0.15, 0.2) is 5.78 Å². The van der Waals surface area contributed by atoms with Crippen LogP contribution in [0, 0.1) is 0 Å². The van der Waals surface area contributed by atoms with Gasteiger partial charge in [-0.1, -0.05) is 19.8 Å². The van der Waals surface area contributed by atoms with Gasteiger partial charge in [-0.2, -0.15) is 11.8 Å². The predicted octanol–water partition coefficient (Wildman–Crippen LogP) is 3.73. The molecule has 0 atom stereocenters. The molecular weight excluding hydrogens is 284 g/mol. The molecular formula is C17H26O3S. The lowest BCUT2D eigenvalue weighted by Crippen LogP contribution is -2.06. The van der Waals surface area contributed by atoms with E-state index in [9.17, 15) is 4.79 Å². The molecule has 21 heavy (non-hydrogen) atoms. The SMILES string of the molecule is CCc1cc(C(=O)CO)ccc1OCCCCCCSC. The monoisotopic (exact) mass is 310 g/mol. The van der Waals surface area contributed by atoms with Crippen LogP contribution in [0.1, 0.15) is 48.5 Å². The summed E-state index contributed by atoms with van der Waals surface area (Å²) < 4.78 is 5.82. The summed E-state index contributed by atoms with van der Waals surface area (Å²) in [5, 5.41) is 8.90. The number of carbonyl (C=O) groups is 1. The number of ketones is 1. The van der Waals surface area contributed by atoms with E-state index in [-0.39, 0.29) is 5.78 Å². The average Bonchev–Trinajstić information content (AvgIpc) is 2.53. The number of aliphatic hydroxyl groups excluding tert-OH is 1. The van der Waals surface area contributed by atoms with E-state index in [1.165, 1.54) is 25.0 Å². The lowest BCUT2D eigenvalue weighted by Gasteiger charge is -2.11. The van der Waals surface area contributed by atoms with Gasteiger partial charge in [0.25, 0.3) is 0 Å². The number of hydrogen-bond acceptors (Lipinski definition) is 4. The molecule has 0 heterocycles. The maximum absolute atomic E-state index is 11.5. The third-order valence-corrected chi connectivity index (χ3v) is 4.10. The third kappa shape index (κ3) is 6.53. The minimum atomic E-state index is -0.445. The summed E-state index contributed by atoms with van der Waals surface area (Å²) in [6.07, 6.45) is 7.75. The van der Waals surface area contributed by atoms with Gasteiger partial charge in [0, 0.05) is 5.56 Å². The second-order valence-corrected chi connectivity index (χ2v) is 6.00. The molecule has 0 amide bonds. The Morgan fingerprint density at radius 1 is 1.24 bits per heavy atom. The standard InChI is InChI=1S/C17H26O3S/c1-3-14-12-15(16(19)13-18)8-9-17(14)20-10-6-4-5-7-11-21-2/h8-9,12,18H,3-7,10-11,13H2,1-2H3. The molecule has 118 valence electrons. The van der Waals surface area contributed by atoms with Crippen molar-refractivity contribution in [3.05, 3.63) is 29.3 Å². The average molecular weight is 310 g/mol. The van der Waals surface area contributed by atoms with E-state index in [4.69, 9.17) is 9.84 Å². The van der Waals surface area contributed by atoms with Gasteiger partial charge in [0.2, 0.25) is 0 Å². The summed E-state index contributed by atoms with van der Waals surface area (Å²) in [5.74, 6) is 1.85. The van der Waals surface area contributed by atoms with E-state index in [1.54, 1.807) is 6.07 Å². The van der Waals surface area contributed by atoms with Crippen LogP contribution in [0.15, 0.2) is 18.2 Å². The van der Waals surface area contributed by atoms with Crippen LogP contribution in [0.2, 0.25) is 0 Å². The van der Waals surface area contributed by atoms with Gasteiger partial charge >= 0.3 is 0 Å². The maximum atomic E-state index is 11.5. The van der Waals surface area contributed by atoms with Gasteiger partial charge in [-0.15, -0.1) is 0 Å². The van der Waals surface area contributed by atoms with Crippen LogP contribution in [0.25, 0.3) is 0 Å². The predicted molar refractivity (Wildman–Crippen MR) is 89.6 cm³/mol. The first kappa shape index (κ1) is 18.1. The quantitative estimate of drug-likeness (QED) is 0.500. The van der Waals surface area contributed by atoms with Crippen molar-refractivity contribution in [3.63, 3.8) is 0 Å². The second kappa shape index (κ2) is 10.7. The molecule has 1 rings (SSSR count). The summed E-state index contributed by atoms with van der Waals surface area (Å²) in [6, 6.07) is 5.40. The highest BCUT2D eigenvalue weighted by molar-refractivity contribution is 7.98. The first-order valence-corrected chi connectivity index (χ1v) is 9.01. The van der Waals surface area contributed by atoms with Gasteiger partial charge in [-0.05, 0) is 55.0 Å². The van der Waals surface area contributed by atoms with Crippen LogP contribution in [0.5, 0.6) is 5.75 Å². The molecule has 0 radical (unpaired) electrons. The number of Topliss-reactive ketones (excluding diaryl/α,β-unsaturated/α-hetero) is 1. The number of aliphatic hydroxyl groups is 1. The molecule has 0 aliphatic heterocycles. The Hall–Kier alpha value is -1.000. The summed E-state index contributed by atoms with van der Waals surface area (Å²) >= 11 is 1.90. The zero-order valence-electron chi connectivity index (χ0n) is 13.1. The highest BCUT2D eigenvalue weighted by Gasteiger charge is 2.08. The number of carbonyl (C=O) groups excluding carboxylic acids is 1. The molecule has 1 aromatic rings. The topological polar surface area (TPSA) is 46.5 Å². The molecule has 0 aliphatic carbocycles. The smallest absolute Gasteiger partial charge is 0.188 e.